The van der Waals surface area contributed by atoms with E-state index in [1.807, 2.05) is 25.2 Å². The number of hydrogen-bond acceptors (Lipinski definition) is 3. The van der Waals surface area contributed by atoms with Crippen molar-refractivity contribution >= 4 is 17.7 Å². The molecule has 0 spiro atoms. The first-order valence-corrected chi connectivity index (χ1v) is 7.91. The molecule has 1 unspecified atom stereocenters. The lowest BCUT2D eigenvalue weighted by Crippen LogP contribution is -2.48. The topological polar surface area (TPSA) is 32.3 Å². The third-order valence-corrected chi connectivity index (χ3v) is 4.49. The van der Waals surface area contributed by atoms with Gasteiger partial charge in [0, 0.05) is 24.0 Å². The average Bonchev–Trinajstić information content (AvgIpc) is 2.47. The van der Waals surface area contributed by atoms with Gasteiger partial charge in [-0.2, -0.15) is 0 Å². The monoisotopic (exact) mass is 278 g/mol. The van der Waals surface area contributed by atoms with Crippen LogP contribution in [0.3, 0.4) is 0 Å². The maximum absolute atomic E-state index is 12.3. The second-order valence-corrected chi connectivity index (χ2v) is 5.94. The summed E-state index contributed by atoms with van der Waals surface area (Å²) in [6.45, 7) is 1.82. The van der Waals surface area contributed by atoms with E-state index in [2.05, 4.69) is 22.3 Å². The summed E-state index contributed by atoms with van der Waals surface area (Å²) >= 11 is 1.63. The molecule has 0 aliphatic carbocycles. The van der Waals surface area contributed by atoms with E-state index in [-0.39, 0.29) is 5.91 Å². The number of carbonyl (C=O) groups is 1. The lowest BCUT2D eigenvalue weighted by atomic mass is 10.0. The van der Waals surface area contributed by atoms with Crippen LogP contribution in [0.25, 0.3) is 0 Å². The Kier molecular flexibility index (Phi) is 5.73. The zero-order chi connectivity index (χ0) is 13.5. The van der Waals surface area contributed by atoms with Crippen LogP contribution in [0.2, 0.25) is 0 Å². The van der Waals surface area contributed by atoms with Crippen molar-refractivity contribution in [3.05, 3.63) is 30.3 Å². The van der Waals surface area contributed by atoms with Crippen molar-refractivity contribution in [3.63, 3.8) is 0 Å². The number of nitrogens with one attached hydrogen (secondary N) is 1. The van der Waals surface area contributed by atoms with E-state index in [4.69, 9.17) is 0 Å². The number of nitrogens with zero attached hydrogens (tertiary/aromatic N) is 1. The SMILES string of the molecule is CNCC1CCCCN1C(=O)CSc1ccccc1. The average molecular weight is 278 g/mol. The van der Waals surface area contributed by atoms with E-state index in [9.17, 15) is 4.79 Å². The number of likely N-dealkylation sites (N-methyl/N-ethyl adjacent to an activating group) is 1. The molecule has 0 radical (unpaired) electrons. The van der Waals surface area contributed by atoms with Gasteiger partial charge < -0.3 is 10.2 Å². The fourth-order valence-corrected chi connectivity index (χ4v) is 3.33. The van der Waals surface area contributed by atoms with Crippen LogP contribution in [0.1, 0.15) is 19.3 Å². The maximum Gasteiger partial charge on any atom is 0.233 e. The van der Waals surface area contributed by atoms with Crippen LogP contribution in [0.4, 0.5) is 0 Å². The maximum atomic E-state index is 12.3. The minimum absolute atomic E-state index is 0.272. The number of carbonyl (C=O) groups excluding carboxylic acids is 1. The number of piperidine rings is 1. The molecule has 1 N–H and O–H groups in total. The molecule has 1 fully saturated rings. The van der Waals surface area contributed by atoms with Gasteiger partial charge >= 0.3 is 0 Å². The van der Waals surface area contributed by atoms with Crippen LogP contribution in [0.15, 0.2) is 35.2 Å². The van der Waals surface area contributed by atoms with E-state index >= 15 is 0 Å². The predicted octanol–water partition coefficient (Wildman–Crippen LogP) is 2.38. The Morgan fingerprint density at radius 1 is 1.37 bits per heavy atom. The molecule has 2 rings (SSSR count). The van der Waals surface area contributed by atoms with Gasteiger partial charge in [0.25, 0.3) is 0 Å². The summed E-state index contributed by atoms with van der Waals surface area (Å²) in [6.07, 6.45) is 3.51. The quantitative estimate of drug-likeness (QED) is 0.839. The molecule has 19 heavy (non-hydrogen) atoms. The fraction of sp³-hybridized carbons (Fsp3) is 0.533. The molecule has 1 heterocycles. The molecule has 0 saturated carbocycles. The van der Waals surface area contributed by atoms with E-state index in [1.54, 1.807) is 11.8 Å². The summed E-state index contributed by atoms with van der Waals surface area (Å²) in [5, 5.41) is 3.20. The molecule has 4 heteroatoms. The van der Waals surface area contributed by atoms with Crippen LogP contribution < -0.4 is 5.32 Å². The van der Waals surface area contributed by atoms with Crippen molar-refractivity contribution < 1.29 is 4.79 Å². The molecule has 1 saturated heterocycles. The van der Waals surface area contributed by atoms with Gasteiger partial charge in [0.2, 0.25) is 5.91 Å². The first kappa shape index (κ1) is 14.4. The van der Waals surface area contributed by atoms with E-state index < -0.39 is 0 Å². The van der Waals surface area contributed by atoms with Crippen molar-refractivity contribution in [2.75, 3.05) is 25.9 Å². The van der Waals surface area contributed by atoms with Gasteiger partial charge in [0.15, 0.2) is 0 Å². The Morgan fingerprint density at radius 3 is 2.89 bits per heavy atom. The van der Waals surface area contributed by atoms with Crippen LogP contribution >= 0.6 is 11.8 Å². The molecule has 1 aromatic rings. The van der Waals surface area contributed by atoms with E-state index in [1.165, 1.54) is 6.42 Å². The minimum Gasteiger partial charge on any atom is -0.338 e. The Bertz CT molecular complexity index is 394. The third kappa shape index (κ3) is 4.25. The predicted molar refractivity (Wildman–Crippen MR) is 80.4 cm³/mol. The van der Waals surface area contributed by atoms with Crippen molar-refractivity contribution in [1.82, 2.24) is 10.2 Å². The van der Waals surface area contributed by atoms with Gasteiger partial charge in [0.1, 0.15) is 0 Å². The smallest absolute Gasteiger partial charge is 0.233 e. The second-order valence-electron chi connectivity index (χ2n) is 4.90. The first-order valence-electron chi connectivity index (χ1n) is 6.93. The highest BCUT2D eigenvalue weighted by molar-refractivity contribution is 8.00. The van der Waals surface area contributed by atoms with Crippen molar-refractivity contribution in [2.45, 2.75) is 30.2 Å². The highest BCUT2D eigenvalue weighted by Gasteiger charge is 2.25. The third-order valence-electron chi connectivity index (χ3n) is 3.49. The highest BCUT2D eigenvalue weighted by atomic mass is 32.2. The molecule has 1 amide bonds. The normalized spacial score (nSPS) is 19.4. The Balaban J connectivity index is 1.87. The molecular formula is C15H22N2OS. The van der Waals surface area contributed by atoms with E-state index in [0.717, 1.165) is 30.8 Å². The van der Waals surface area contributed by atoms with Gasteiger partial charge in [-0.3, -0.25) is 4.79 Å². The van der Waals surface area contributed by atoms with Gasteiger partial charge in [-0.1, -0.05) is 18.2 Å². The molecule has 1 aromatic carbocycles. The Labute approximate surface area is 119 Å². The molecular weight excluding hydrogens is 256 g/mol. The fourth-order valence-electron chi connectivity index (χ4n) is 2.52. The zero-order valence-electron chi connectivity index (χ0n) is 11.5. The zero-order valence-corrected chi connectivity index (χ0v) is 12.3. The summed E-state index contributed by atoms with van der Waals surface area (Å²) in [7, 11) is 1.95. The van der Waals surface area contributed by atoms with Gasteiger partial charge in [-0.25, -0.2) is 0 Å². The number of rotatable bonds is 5. The number of thioether (sulfide) groups is 1. The summed E-state index contributed by atoms with van der Waals surface area (Å²) in [6, 6.07) is 10.5. The van der Waals surface area contributed by atoms with Crippen molar-refractivity contribution in [2.24, 2.45) is 0 Å². The molecule has 0 aromatic heterocycles. The van der Waals surface area contributed by atoms with E-state index in [0.29, 0.717) is 11.8 Å². The standard InChI is InChI=1S/C15H22N2OS/c1-16-11-13-7-5-6-10-17(13)15(18)12-19-14-8-3-2-4-9-14/h2-4,8-9,13,16H,5-7,10-12H2,1H3. The molecule has 1 atom stereocenters. The van der Waals surface area contributed by atoms with Crippen molar-refractivity contribution in [3.8, 4) is 0 Å². The summed E-state index contributed by atoms with van der Waals surface area (Å²) < 4.78 is 0. The number of likely N-dealkylation sites (tertiary alicyclic amines) is 1. The summed E-state index contributed by atoms with van der Waals surface area (Å²) in [4.78, 5) is 15.6. The first-order chi connectivity index (χ1) is 9.31. The molecule has 1 aliphatic heterocycles. The number of hydrogen-bond donors (Lipinski definition) is 1. The molecule has 1 aliphatic rings. The van der Waals surface area contributed by atoms with Crippen LogP contribution in [0.5, 0.6) is 0 Å². The molecule has 3 nitrogen and oxygen atoms in total. The van der Waals surface area contributed by atoms with Gasteiger partial charge in [0.05, 0.1) is 5.75 Å². The van der Waals surface area contributed by atoms with Gasteiger partial charge in [-0.15, -0.1) is 11.8 Å². The highest BCUT2D eigenvalue weighted by Crippen LogP contribution is 2.21. The summed E-state index contributed by atoms with van der Waals surface area (Å²) in [5.74, 6) is 0.818. The van der Waals surface area contributed by atoms with Crippen LogP contribution in [-0.2, 0) is 4.79 Å². The molecule has 104 valence electrons. The van der Waals surface area contributed by atoms with Crippen LogP contribution in [0, 0.1) is 0 Å². The Hall–Kier alpha value is -1.00. The van der Waals surface area contributed by atoms with Gasteiger partial charge in [-0.05, 0) is 38.4 Å². The molecule has 0 bridgehead atoms. The Morgan fingerprint density at radius 2 is 2.16 bits per heavy atom. The number of benzene rings is 1. The van der Waals surface area contributed by atoms with Crippen LogP contribution in [-0.4, -0.2) is 42.7 Å². The minimum atomic E-state index is 0.272. The van der Waals surface area contributed by atoms with Crippen molar-refractivity contribution in [1.29, 1.82) is 0 Å². The summed E-state index contributed by atoms with van der Waals surface area (Å²) in [5.41, 5.74) is 0. The largest absolute Gasteiger partial charge is 0.338 e. The second kappa shape index (κ2) is 7.56. The lowest BCUT2D eigenvalue weighted by Gasteiger charge is -2.35. The lowest BCUT2D eigenvalue weighted by molar-refractivity contribution is -0.131. The number of amides is 1.